The molecular weight excluding hydrogens is 396 g/mol. The molecule has 4 aromatic carbocycles. The lowest BCUT2D eigenvalue weighted by atomic mass is 9.74. The maximum absolute atomic E-state index is 5.55. The molecule has 0 aliphatic heterocycles. The Kier molecular flexibility index (Phi) is 3.66. The van der Waals surface area contributed by atoms with Crippen LogP contribution in [0.3, 0.4) is 0 Å². The second-order valence-electron chi connectivity index (χ2n) is 7.29. The lowest BCUT2D eigenvalue weighted by Gasteiger charge is -2.28. The van der Waals surface area contributed by atoms with Crippen molar-refractivity contribution in [2.45, 2.75) is 12.3 Å². The van der Waals surface area contributed by atoms with Crippen molar-refractivity contribution in [1.82, 2.24) is 0 Å². The first-order valence-corrected chi connectivity index (χ1v) is 9.89. The molecule has 2 heteroatoms. The molecule has 1 atom stereocenters. The largest absolute Gasteiger partial charge is 0.497 e. The Balaban J connectivity index is 1.89. The molecule has 132 valence electrons. The van der Waals surface area contributed by atoms with E-state index in [1.807, 2.05) is 0 Å². The van der Waals surface area contributed by atoms with Gasteiger partial charge in [0.2, 0.25) is 0 Å². The molecule has 5 rings (SSSR count). The Hall–Kier alpha value is -2.58. The zero-order chi connectivity index (χ0) is 18.6. The summed E-state index contributed by atoms with van der Waals surface area (Å²) in [5.41, 5.74) is 6.35. The van der Waals surface area contributed by atoms with E-state index >= 15 is 0 Å². The Bertz CT molecular complexity index is 1180. The van der Waals surface area contributed by atoms with E-state index in [0.717, 1.165) is 10.2 Å². The van der Waals surface area contributed by atoms with Crippen LogP contribution in [0.2, 0.25) is 0 Å². The molecule has 0 N–H and O–H groups in total. The van der Waals surface area contributed by atoms with Crippen LogP contribution in [0.25, 0.3) is 21.9 Å². The molecule has 0 spiro atoms. The average molecular weight is 415 g/mol. The summed E-state index contributed by atoms with van der Waals surface area (Å²) in [6.07, 6.45) is 0. The molecule has 4 aromatic rings. The molecular formula is C25H19BrO. The zero-order valence-electron chi connectivity index (χ0n) is 15.3. The predicted molar refractivity (Wildman–Crippen MR) is 116 cm³/mol. The second-order valence-corrected chi connectivity index (χ2v) is 8.21. The quantitative estimate of drug-likeness (QED) is 0.344. The molecule has 0 bridgehead atoms. The van der Waals surface area contributed by atoms with E-state index in [1.54, 1.807) is 7.11 Å². The van der Waals surface area contributed by atoms with E-state index < -0.39 is 0 Å². The van der Waals surface area contributed by atoms with Gasteiger partial charge in [0.25, 0.3) is 0 Å². The van der Waals surface area contributed by atoms with Crippen molar-refractivity contribution < 1.29 is 4.74 Å². The van der Waals surface area contributed by atoms with Crippen LogP contribution in [0.5, 0.6) is 5.75 Å². The van der Waals surface area contributed by atoms with Crippen LogP contribution in [0.4, 0.5) is 0 Å². The van der Waals surface area contributed by atoms with Crippen LogP contribution in [0.15, 0.2) is 83.3 Å². The van der Waals surface area contributed by atoms with E-state index in [1.165, 1.54) is 38.6 Å². The van der Waals surface area contributed by atoms with Gasteiger partial charge >= 0.3 is 0 Å². The van der Waals surface area contributed by atoms with E-state index in [4.69, 9.17) is 4.74 Å². The molecule has 0 heterocycles. The molecule has 27 heavy (non-hydrogen) atoms. The van der Waals surface area contributed by atoms with Gasteiger partial charge in [-0.2, -0.15) is 0 Å². The lowest BCUT2D eigenvalue weighted by Crippen LogP contribution is -2.22. The smallest absolute Gasteiger partial charge is 0.119 e. The molecule has 0 saturated heterocycles. The highest BCUT2D eigenvalue weighted by molar-refractivity contribution is 9.10. The molecule has 0 saturated carbocycles. The third-order valence-electron chi connectivity index (χ3n) is 5.88. The number of ether oxygens (including phenoxy) is 1. The Morgan fingerprint density at radius 1 is 0.741 bits per heavy atom. The molecule has 1 aliphatic rings. The summed E-state index contributed by atoms with van der Waals surface area (Å²) in [6.45, 7) is 2.33. The fourth-order valence-corrected chi connectivity index (χ4v) is 4.81. The van der Waals surface area contributed by atoms with Gasteiger partial charge in [-0.3, -0.25) is 0 Å². The standard InChI is InChI=1S/C25H19BrO/c1-25(18-6-4-3-5-7-18)23-14-17-12-19(26)9-8-16(17)13-22(23)21-11-10-20(27-2)15-24(21)25/h3-15H,1-2H3. The van der Waals surface area contributed by atoms with Gasteiger partial charge in [0.15, 0.2) is 0 Å². The summed E-state index contributed by atoms with van der Waals surface area (Å²) < 4.78 is 6.66. The van der Waals surface area contributed by atoms with E-state index in [0.29, 0.717) is 0 Å². The Morgan fingerprint density at radius 3 is 2.30 bits per heavy atom. The molecule has 1 unspecified atom stereocenters. The SMILES string of the molecule is COc1ccc2c(c1)C(C)(c1ccccc1)c1cc3cc(Br)ccc3cc1-2. The monoisotopic (exact) mass is 414 g/mol. The first-order valence-electron chi connectivity index (χ1n) is 9.09. The minimum Gasteiger partial charge on any atom is -0.497 e. The van der Waals surface area contributed by atoms with Crippen LogP contribution in [0, 0.1) is 0 Å². The van der Waals surface area contributed by atoms with Crippen LogP contribution >= 0.6 is 15.9 Å². The molecule has 0 fully saturated rings. The van der Waals surface area contributed by atoms with Gasteiger partial charge in [0, 0.05) is 9.89 Å². The normalized spacial score (nSPS) is 17.6. The lowest BCUT2D eigenvalue weighted by molar-refractivity contribution is 0.414. The summed E-state index contributed by atoms with van der Waals surface area (Å²) in [5.74, 6) is 0.899. The maximum Gasteiger partial charge on any atom is 0.119 e. The topological polar surface area (TPSA) is 9.23 Å². The molecule has 1 nitrogen and oxygen atoms in total. The summed E-state index contributed by atoms with van der Waals surface area (Å²) in [6, 6.07) is 28.4. The van der Waals surface area contributed by atoms with Gasteiger partial charge in [0.05, 0.1) is 7.11 Å². The highest BCUT2D eigenvalue weighted by Crippen LogP contribution is 2.54. The predicted octanol–water partition coefficient (Wildman–Crippen LogP) is 6.95. The van der Waals surface area contributed by atoms with Crippen molar-refractivity contribution in [2.75, 3.05) is 7.11 Å². The van der Waals surface area contributed by atoms with E-state index in [9.17, 15) is 0 Å². The van der Waals surface area contributed by atoms with Gasteiger partial charge in [-0.05, 0) is 81.9 Å². The molecule has 0 amide bonds. The first-order chi connectivity index (χ1) is 13.1. The highest BCUT2D eigenvalue weighted by Gasteiger charge is 2.41. The van der Waals surface area contributed by atoms with Crippen molar-refractivity contribution >= 4 is 26.7 Å². The molecule has 1 aliphatic carbocycles. The van der Waals surface area contributed by atoms with Crippen molar-refractivity contribution in [1.29, 1.82) is 0 Å². The minimum absolute atomic E-state index is 0.211. The van der Waals surface area contributed by atoms with Crippen molar-refractivity contribution in [3.63, 3.8) is 0 Å². The van der Waals surface area contributed by atoms with Crippen molar-refractivity contribution in [3.05, 3.63) is 100 Å². The van der Waals surface area contributed by atoms with Gasteiger partial charge in [-0.15, -0.1) is 0 Å². The summed E-state index contributed by atoms with van der Waals surface area (Å²) >= 11 is 3.62. The number of methoxy groups -OCH3 is 1. The average Bonchev–Trinajstić information content (AvgIpc) is 2.95. The van der Waals surface area contributed by atoms with Gasteiger partial charge < -0.3 is 4.74 Å². The number of halogens is 1. The molecule has 0 radical (unpaired) electrons. The van der Waals surface area contributed by atoms with E-state index in [-0.39, 0.29) is 5.41 Å². The first kappa shape index (κ1) is 16.6. The zero-order valence-corrected chi connectivity index (χ0v) is 16.9. The third-order valence-corrected chi connectivity index (χ3v) is 6.38. The number of benzene rings is 4. The summed E-state index contributed by atoms with van der Waals surface area (Å²) in [7, 11) is 1.73. The van der Waals surface area contributed by atoms with Crippen LogP contribution < -0.4 is 4.74 Å². The van der Waals surface area contributed by atoms with Crippen molar-refractivity contribution in [3.8, 4) is 16.9 Å². The minimum atomic E-state index is -0.211. The fourth-order valence-electron chi connectivity index (χ4n) is 4.43. The van der Waals surface area contributed by atoms with Gasteiger partial charge in [-0.25, -0.2) is 0 Å². The number of fused-ring (bicyclic) bond motifs is 4. The second kappa shape index (κ2) is 5.97. The van der Waals surface area contributed by atoms with Crippen molar-refractivity contribution in [2.24, 2.45) is 0 Å². The van der Waals surface area contributed by atoms with Gasteiger partial charge in [-0.1, -0.05) is 58.4 Å². The Labute approximate surface area is 167 Å². The summed E-state index contributed by atoms with van der Waals surface area (Å²) in [4.78, 5) is 0. The molecule has 0 aromatic heterocycles. The maximum atomic E-state index is 5.55. The Morgan fingerprint density at radius 2 is 1.52 bits per heavy atom. The summed E-state index contributed by atoms with van der Waals surface area (Å²) in [5, 5.41) is 2.51. The number of hydrogen-bond donors (Lipinski definition) is 0. The van der Waals surface area contributed by atoms with Gasteiger partial charge in [0.1, 0.15) is 5.75 Å². The third kappa shape index (κ3) is 2.36. The van der Waals surface area contributed by atoms with Crippen LogP contribution in [0.1, 0.15) is 23.6 Å². The van der Waals surface area contributed by atoms with Crippen LogP contribution in [-0.2, 0) is 5.41 Å². The highest BCUT2D eigenvalue weighted by atomic mass is 79.9. The van der Waals surface area contributed by atoms with E-state index in [2.05, 4.69) is 102 Å². The number of hydrogen-bond acceptors (Lipinski definition) is 1. The fraction of sp³-hybridized carbons (Fsp3) is 0.120. The number of rotatable bonds is 2. The van der Waals surface area contributed by atoms with Crippen LogP contribution in [-0.4, -0.2) is 7.11 Å².